The number of nitrogens with zero attached hydrogens (tertiary/aromatic N) is 1. The van der Waals surface area contributed by atoms with Crippen LogP contribution in [0.25, 0.3) is 0 Å². The molecule has 0 aliphatic carbocycles. The lowest BCUT2D eigenvalue weighted by atomic mass is 9.99. The van der Waals surface area contributed by atoms with Gasteiger partial charge in [0.15, 0.2) is 5.78 Å². The van der Waals surface area contributed by atoms with E-state index >= 15 is 0 Å². The van der Waals surface area contributed by atoms with E-state index in [9.17, 15) is 9.59 Å². The van der Waals surface area contributed by atoms with Crippen LogP contribution in [0.4, 0.5) is 5.69 Å². The molecule has 0 spiro atoms. The topological polar surface area (TPSA) is 49.4 Å². The van der Waals surface area contributed by atoms with Gasteiger partial charge in [0.05, 0.1) is 6.42 Å². The smallest absolute Gasteiger partial charge is 0.231 e. The molecule has 1 atom stereocenters. The number of benzene rings is 1. The van der Waals surface area contributed by atoms with Gasteiger partial charge in [-0.2, -0.15) is 0 Å². The molecule has 2 heterocycles. The fraction of sp³-hybridized carbons (Fsp3) is 0.529. The van der Waals surface area contributed by atoms with E-state index in [4.69, 9.17) is 0 Å². The summed E-state index contributed by atoms with van der Waals surface area (Å²) >= 11 is 0. The summed E-state index contributed by atoms with van der Waals surface area (Å²) in [6, 6.07) is 5.70. The highest BCUT2D eigenvalue weighted by atomic mass is 16.2. The van der Waals surface area contributed by atoms with Crippen LogP contribution in [-0.4, -0.2) is 31.3 Å². The van der Waals surface area contributed by atoms with Crippen molar-refractivity contribution in [3.8, 4) is 0 Å². The van der Waals surface area contributed by atoms with Gasteiger partial charge in [0.2, 0.25) is 5.91 Å². The van der Waals surface area contributed by atoms with Gasteiger partial charge in [0.1, 0.15) is 0 Å². The molecule has 4 heteroatoms. The number of carbonyl (C=O) groups excluding carboxylic acids is 2. The number of anilines is 1. The minimum atomic E-state index is 0.139. The van der Waals surface area contributed by atoms with Gasteiger partial charge in [0.25, 0.3) is 0 Å². The highest BCUT2D eigenvalue weighted by Crippen LogP contribution is 2.31. The molecule has 1 N–H and O–H groups in total. The van der Waals surface area contributed by atoms with Gasteiger partial charge >= 0.3 is 0 Å². The number of hydrogen-bond donors (Lipinski definition) is 1. The molecule has 0 saturated carbocycles. The molecule has 0 bridgehead atoms. The third-order valence-electron chi connectivity index (χ3n) is 4.50. The van der Waals surface area contributed by atoms with Crippen molar-refractivity contribution >= 4 is 17.4 Å². The number of ketones is 1. The summed E-state index contributed by atoms with van der Waals surface area (Å²) in [5.41, 5.74) is 2.73. The summed E-state index contributed by atoms with van der Waals surface area (Å²) < 4.78 is 0. The number of fused-ring (bicyclic) bond motifs is 1. The lowest BCUT2D eigenvalue weighted by Crippen LogP contribution is -2.39. The summed E-state index contributed by atoms with van der Waals surface area (Å²) in [4.78, 5) is 26.0. The molecule has 1 amide bonds. The lowest BCUT2D eigenvalue weighted by Gasteiger charge is -2.28. The second-order valence-corrected chi connectivity index (χ2v) is 6.01. The Kier molecular flexibility index (Phi) is 4.06. The molecule has 1 fully saturated rings. The number of rotatable bonds is 4. The minimum absolute atomic E-state index is 0.139. The molecule has 2 aliphatic heterocycles. The average Bonchev–Trinajstić information content (AvgIpc) is 2.82. The molecule has 2 aliphatic rings. The zero-order chi connectivity index (χ0) is 14.8. The van der Waals surface area contributed by atoms with Gasteiger partial charge in [-0.05, 0) is 55.6 Å². The van der Waals surface area contributed by atoms with E-state index in [1.54, 1.807) is 0 Å². The molecule has 4 nitrogen and oxygen atoms in total. The van der Waals surface area contributed by atoms with Crippen molar-refractivity contribution in [1.29, 1.82) is 0 Å². The molecular formula is C17H22N2O2. The summed E-state index contributed by atoms with van der Waals surface area (Å²) in [5, 5.41) is 3.40. The number of carbonyl (C=O) groups is 2. The fourth-order valence-corrected chi connectivity index (χ4v) is 3.30. The number of hydrogen-bond acceptors (Lipinski definition) is 3. The summed E-state index contributed by atoms with van der Waals surface area (Å²) in [7, 11) is 0. The minimum Gasteiger partial charge on any atom is -0.316 e. The van der Waals surface area contributed by atoms with Crippen molar-refractivity contribution in [3.05, 3.63) is 29.3 Å². The monoisotopic (exact) mass is 286 g/mol. The molecule has 112 valence electrons. The average molecular weight is 286 g/mol. The second kappa shape index (κ2) is 5.98. The Balaban J connectivity index is 1.79. The third-order valence-corrected chi connectivity index (χ3v) is 4.50. The molecule has 3 rings (SSSR count). The van der Waals surface area contributed by atoms with Gasteiger partial charge in [-0.15, -0.1) is 0 Å². The Morgan fingerprint density at radius 2 is 2.29 bits per heavy atom. The first kappa shape index (κ1) is 14.3. The molecular weight excluding hydrogens is 264 g/mol. The quantitative estimate of drug-likeness (QED) is 0.863. The maximum Gasteiger partial charge on any atom is 0.231 e. The van der Waals surface area contributed by atoms with Gasteiger partial charge in [-0.25, -0.2) is 0 Å². The SMILES string of the molecule is CCC(=O)c1ccc2c(c1)CC(=O)N2CC1CCCNC1. The Labute approximate surface area is 125 Å². The van der Waals surface area contributed by atoms with Crippen molar-refractivity contribution < 1.29 is 9.59 Å². The van der Waals surface area contributed by atoms with Crippen LogP contribution in [0, 0.1) is 5.92 Å². The molecule has 0 radical (unpaired) electrons. The van der Waals surface area contributed by atoms with Crippen LogP contribution >= 0.6 is 0 Å². The first-order valence-electron chi connectivity index (χ1n) is 7.86. The summed E-state index contributed by atoms with van der Waals surface area (Å²) in [5.74, 6) is 0.836. The van der Waals surface area contributed by atoms with Crippen molar-refractivity contribution in [2.24, 2.45) is 5.92 Å². The van der Waals surface area contributed by atoms with Crippen LogP contribution in [0.3, 0.4) is 0 Å². The predicted octanol–water partition coefficient (Wildman–Crippen LogP) is 2.17. The Morgan fingerprint density at radius 3 is 3.00 bits per heavy atom. The van der Waals surface area contributed by atoms with Crippen LogP contribution in [0.15, 0.2) is 18.2 Å². The maximum absolute atomic E-state index is 12.3. The van der Waals surface area contributed by atoms with Crippen LogP contribution < -0.4 is 10.2 Å². The van der Waals surface area contributed by atoms with Crippen LogP contribution in [-0.2, 0) is 11.2 Å². The summed E-state index contributed by atoms with van der Waals surface area (Å²) in [6.45, 7) is 4.73. The highest BCUT2D eigenvalue weighted by Gasteiger charge is 2.30. The molecule has 0 aromatic heterocycles. The molecule has 1 aromatic carbocycles. The largest absolute Gasteiger partial charge is 0.316 e. The first-order chi connectivity index (χ1) is 10.2. The van der Waals surface area contributed by atoms with Crippen LogP contribution in [0.5, 0.6) is 0 Å². The van der Waals surface area contributed by atoms with Crippen LogP contribution in [0.1, 0.15) is 42.1 Å². The normalized spacial score (nSPS) is 21.5. The van der Waals surface area contributed by atoms with Crippen molar-refractivity contribution in [2.45, 2.75) is 32.6 Å². The molecule has 1 aromatic rings. The first-order valence-corrected chi connectivity index (χ1v) is 7.86. The number of Topliss-reactive ketones (excluding diaryl/α,β-unsaturated/α-hetero) is 1. The Morgan fingerprint density at radius 1 is 1.43 bits per heavy atom. The predicted molar refractivity (Wildman–Crippen MR) is 82.7 cm³/mol. The maximum atomic E-state index is 12.3. The van der Waals surface area contributed by atoms with E-state index in [2.05, 4.69) is 5.32 Å². The summed E-state index contributed by atoms with van der Waals surface area (Å²) in [6.07, 6.45) is 3.30. The van der Waals surface area contributed by atoms with E-state index in [-0.39, 0.29) is 11.7 Å². The third kappa shape index (κ3) is 2.86. The molecule has 1 unspecified atom stereocenters. The number of amides is 1. The van der Waals surface area contributed by atoms with Gasteiger partial charge in [-0.1, -0.05) is 6.92 Å². The Hall–Kier alpha value is -1.68. The highest BCUT2D eigenvalue weighted by molar-refractivity contribution is 6.03. The van der Waals surface area contributed by atoms with E-state index in [1.165, 1.54) is 12.8 Å². The lowest BCUT2D eigenvalue weighted by molar-refractivity contribution is -0.117. The van der Waals surface area contributed by atoms with E-state index < -0.39 is 0 Å². The van der Waals surface area contributed by atoms with Crippen molar-refractivity contribution in [2.75, 3.05) is 24.5 Å². The zero-order valence-corrected chi connectivity index (χ0v) is 12.5. The fourth-order valence-electron chi connectivity index (χ4n) is 3.30. The van der Waals surface area contributed by atoms with E-state index in [0.717, 1.165) is 36.4 Å². The number of nitrogens with one attached hydrogen (secondary N) is 1. The van der Waals surface area contributed by atoms with Crippen molar-refractivity contribution in [1.82, 2.24) is 5.32 Å². The standard InChI is InChI=1S/C17H22N2O2/c1-2-16(20)13-5-6-15-14(8-13)9-17(21)19(15)11-12-4-3-7-18-10-12/h5-6,8,12,18H,2-4,7,9-11H2,1H3. The van der Waals surface area contributed by atoms with Crippen molar-refractivity contribution in [3.63, 3.8) is 0 Å². The molecule has 21 heavy (non-hydrogen) atoms. The zero-order valence-electron chi connectivity index (χ0n) is 12.5. The van der Waals surface area contributed by atoms with Crippen LogP contribution in [0.2, 0.25) is 0 Å². The van der Waals surface area contributed by atoms with E-state index in [1.807, 2.05) is 30.0 Å². The van der Waals surface area contributed by atoms with Gasteiger partial charge < -0.3 is 10.2 Å². The van der Waals surface area contributed by atoms with Gasteiger partial charge in [-0.3, -0.25) is 9.59 Å². The Bertz CT molecular complexity index is 562. The number of piperidine rings is 1. The molecule has 1 saturated heterocycles. The van der Waals surface area contributed by atoms with E-state index in [0.29, 0.717) is 18.8 Å². The second-order valence-electron chi connectivity index (χ2n) is 6.01. The van der Waals surface area contributed by atoms with Gasteiger partial charge in [0, 0.05) is 24.2 Å².